The van der Waals surface area contributed by atoms with Crippen LogP contribution in [0, 0.1) is 0 Å². The number of aromatic nitrogens is 2. The molecule has 2 heterocycles. The lowest BCUT2D eigenvalue weighted by Crippen LogP contribution is -2.29. The number of amides is 2. The van der Waals surface area contributed by atoms with Gasteiger partial charge in [0.1, 0.15) is 0 Å². The highest BCUT2D eigenvalue weighted by atomic mass is 16.2. The monoisotopic (exact) mass is 326 g/mol. The Hall–Kier alpha value is -2.76. The van der Waals surface area contributed by atoms with Crippen molar-refractivity contribution in [2.45, 2.75) is 19.8 Å². The zero-order chi connectivity index (χ0) is 17.4. The zero-order valence-electron chi connectivity index (χ0n) is 14.0. The van der Waals surface area contributed by atoms with E-state index in [9.17, 15) is 9.59 Å². The van der Waals surface area contributed by atoms with Crippen molar-refractivity contribution >= 4 is 11.8 Å². The molecule has 0 aromatic carbocycles. The Balaban J connectivity index is 1.99. The average Bonchev–Trinajstić information content (AvgIpc) is 2.64. The van der Waals surface area contributed by atoms with Gasteiger partial charge in [0.25, 0.3) is 11.8 Å². The Morgan fingerprint density at radius 2 is 1.83 bits per heavy atom. The number of pyridine rings is 2. The summed E-state index contributed by atoms with van der Waals surface area (Å²) in [6, 6.07) is 5.44. The van der Waals surface area contributed by atoms with Crippen LogP contribution in [0.15, 0.2) is 43.0 Å². The molecule has 2 aromatic rings. The minimum Gasteiger partial charge on any atom is -0.352 e. The number of nitrogens with zero attached hydrogens (tertiary/aromatic N) is 3. The lowest BCUT2D eigenvalue weighted by atomic mass is 10.1. The van der Waals surface area contributed by atoms with Gasteiger partial charge in [-0.1, -0.05) is 6.92 Å². The van der Waals surface area contributed by atoms with Gasteiger partial charge >= 0.3 is 0 Å². The third-order valence-electron chi connectivity index (χ3n) is 3.61. The molecule has 2 rings (SSSR count). The number of nitrogens with one attached hydrogen (secondary N) is 1. The van der Waals surface area contributed by atoms with Gasteiger partial charge in [-0.25, -0.2) is 0 Å². The molecular formula is C18H22N4O2. The maximum atomic E-state index is 12.5. The van der Waals surface area contributed by atoms with Gasteiger partial charge in [-0.15, -0.1) is 0 Å². The Labute approximate surface area is 141 Å². The summed E-state index contributed by atoms with van der Waals surface area (Å²) < 4.78 is 0. The first-order valence-corrected chi connectivity index (χ1v) is 7.99. The molecule has 6 heteroatoms. The van der Waals surface area contributed by atoms with E-state index in [4.69, 9.17) is 0 Å². The Morgan fingerprint density at radius 3 is 2.54 bits per heavy atom. The number of carbonyl (C=O) groups excluding carboxylic acids is 2. The smallest absolute Gasteiger partial charge is 0.255 e. The first-order chi connectivity index (χ1) is 11.6. The van der Waals surface area contributed by atoms with Crippen LogP contribution in [0.2, 0.25) is 0 Å². The molecule has 0 atom stereocenters. The molecule has 0 spiro atoms. The number of likely N-dealkylation sites (N-methyl/N-ethyl adjacent to an activating group) is 1. The molecule has 0 bridgehead atoms. The molecule has 24 heavy (non-hydrogen) atoms. The van der Waals surface area contributed by atoms with Crippen LogP contribution in [-0.4, -0.2) is 46.8 Å². The SMILES string of the molecule is CCCNC(=O)c1cncc(C(=O)N(C)CCc2ccncc2)c1. The fraction of sp³-hybridized carbons (Fsp3) is 0.333. The fourth-order valence-electron chi connectivity index (χ4n) is 2.19. The topological polar surface area (TPSA) is 75.2 Å². The molecule has 0 aliphatic rings. The Bertz CT molecular complexity index is 688. The van der Waals surface area contributed by atoms with Crippen molar-refractivity contribution in [2.24, 2.45) is 0 Å². The third-order valence-corrected chi connectivity index (χ3v) is 3.61. The quantitative estimate of drug-likeness (QED) is 0.843. The van der Waals surface area contributed by atoms with Crippen molar-refractivity contribution in [1.82, 2.24) is 20.2 Å². The molecule has 2 aromatic heterocycles. The second-order valence-corrected chi connectivity index (χ2v) is 5.55. The highest BCUT2D eigenvalue weighted by molar-refractivity contribution is 5.99. The van der Waals surface area contributed by atoms with Crippen LogP contribution in [-0.2, 0) is 6.42 Å². The zero-order valence-corrected chi connectivity index (χ0v) is 14.0. The number of carbonyl (C=O) groups is 2. The summed E-state index contributed by atoms with van der Waals surface area (Å²) in [6.45, 7) is 3.16. The van der Waals surface area contributed by atoms with E-state index >= 15 is 0 Å². The van der Waals surface area contributed by atoms with Crippen molar-refractivity contribution < 1.29 is 9.59 Å². The standard InChI is InChI=1S/C18H22N4O2/c1-3-7-21-17(23)15-11-16(13-20-12-15)18(24)22(2)10-6-14-4-8-19-9-5-14/h4-5,8-9,11-13H,3,6-7,10H2,1-2H3,(H,21,23). The molecule has 0 aliphatic carbocycles. The summed E-state index contributed by atoms with van der Waals surface area (Å²) in [4.78, 5) is 34.1. The molecule has 0 aliphatic heterocycles. The number of hydrogen-bond acceptors (Lipinski definition) is 4. The molecule has 2 amide bonds. The molecule has 126 valence electrons. The summed E-state index contributed by atoms with van der Waals surface area (Å²) in [7, 11) is 1.74. The van der Waals surface area contributed by atoms with Gasteiger partial charge in [0, 0.05) is 44.9 Å². The lowest BCUT2D eigenvalue weighted by molar-refractivity contribution is 0.0796. The van der Waals surface area contributed by atoms with Crippen LogP contribution in [0.4, 0.5) is 0 Å². The number of rotatable bonds is 7. The van der Waals surface area contributed by atoms with E-state index in [1.165, 1.54) is 12.4 Å². The van der Waals surface area contributed by atoms with E-state index in [2.05, 4.69) is 15.3 Å². The van der Waals surface area contributed by atoms with Crippen LogP contribution in [0.5, 0.6) is 0 Å². The van der Waals surface area contributed by atoms with Gasteiger partial charge in [-0.05, 0) is 36.6 Å². The largest absolute Gasteiger partial charge is 0.352 e. The lowest BCUT2D eigenvalue weighted by Gasteiger charge is -2.17. The van der Waals surface area contributed by atoms with E-state index in [0.29, 0.717) is 24.2 Å². The molecule has 1 N–H and O–H groups in total. The third kappa shape index (κ3) is 4.87. The first-order valence-electron chi connectivity index (χ1n) is 7.99. The van der Waals surface area contributed by atoms with Crippen molar-refractivity contribution in [3.8, 4) is 0 Å². The van der Waals surface area contributed by atoms with E-state index in [0.717, 1.165) is 18.4 Å². The van der Waals surface area contributed by atoms with Crippen LogP contribution < -0.4 is 5.32 Å². The van der Waals surface area contributed by atoms with Crippen LogP contribution in [0.1, 0.15) is 39.6 Å². The van der Waals surface area contributed by atoms with Gasteiger partial charge < -0.3 is 10.2 Å². The van der Waals surface area contributed by atoms with Crippen LogP contribution in [0.3, 0.4) is 0 Å². The van der Waals surface area contributed by atoms with Crippen molar-refractivity contribution in [2.75, 3.05) is 20.1 Å². The molecule has 0 saturated heterocycles. The molecule has 0 unspecified atom stereocenters. The number of hydrogen-bond donors (Lipinski definition) is 1. The predicted octanol–water partition coefficient (Wildman–Crippen LogP) is 1.93. The summed E-state index contributed by atoms with van der Waals surface area (Å²) >= 11 is 0. The Morgan fingerprint density at radius 1 is 1.12 bits per heavy atom. The second kappa shape index (κ2) is 8.76. The van der Waals surface area contributed by atoms with Gasteiger partial charge in [0.15, 0.2) is 0 Å². The van der Waals surface area contributed by atoms with Crippen LogP contribution in [0.25, 0.3) is 0 Å². The average molecular weight is 326 g/mol. The summed E-state index contributed by atoms with van der Waals surface area (Å²) in [6.07, 6.45) is 8.03. The van der Waals surface area contributed by atoms with E-state index < -0.39 is 0 Å². The van der Waals surface area contributed by atoms with Crippen molar-refractivity contribution in [3.05, 3.63) is 59.7 Å². The molecule has 0 saturated carbocycles. The molecule has 6 nitrogen and oxygen atoms in total. The van der Waals surface area contributed by atoms with Crippen LogP contribution >= 0.6 is 0 Å². The minimum absolute atomic E-state index is 0.151. The minimum atomic E-state index is -0.210. The predicted molar refractivity (Wildman–Crippen MR) is 91.8 cm³/mol. The fourth-order valence-corrected chi connectivity index (χ4v) is 2.19. The van der Waals surface area contributed by atoms with Crippen molar-refractivity contribution in [3.63, 3.8) is 0 Å². The van der Waals surface area contributed by atoms with Gasteiger partial charge in [0.05, 0.1) is 11.1 Å². The Kier molecular flexibility index (Phi) is 6.42. The molecule has 0 fully saturated rings. The highest BCUT2D eigenvalue weighted by Crippen LogP contribution is 2.07. The van der Waals surface area contributed by atoms with E-state index in [-0.39, 0.29) is 11.8 Å². The maximum Gasteiger partial charge on any atom is 0.255 e. The van der Waals surface area contributed by atoms with Gasteiger partial charge in [0.2, 0.25) is 0 Å². The summed E-state index contributed by atoms with van der Waals surface area (Å²) in [5.74, 6) is -0.361. The van der Waals surface area contributed by atoms with Gasteiger partial charge in [-0.2, -0.15) is 0 Å². The van der Waals surface area contributed by atoms with E-state index in [1.807, 2.05) is 19.1 Å². The summed E-state index contributed by atoms with van der Waals surface area (Å²) in [5.41, 5.74) is 1.93. The van der Waals surface area contributed by atoms with E-state index in [1.54, 1.807) is 30.4 Å². The molecule has 0 radical (unpaired) electrons. The first kappa shape index (κ1) is 17.6. The van der Waals surface area contributed by atoms with Gasteiger partial charge in [-0.3, -0.25) is 19.6 Å². The van der Waals surface area contributed by atoms with Crippen molar-refractivity contribution in [1.29, 1.82) is 0 Å². The normalized spacial score (nSPS) is 10.2. The summed E-state index contributed by atoms with van der Waals surface area (Å²) in [5, 5.41) is 2.78. The highest BCUT2D eigenvalue weighted by Gasteiger charge is 2.14. The molecular weight excluding hydrogens is 304 g/mol. The second-order valence-electron chi connectivity index (χ2n) is 5.55. The maximum absolute atomic E-state index is 12.5.